The highest BCUT2D eigenvalue weighted by atomic mass is 15.3. The van der Waals surface area contributed by atoms with Gasteiger partial charge >= 0.3 is 0 Å². The van der Waals surface area contributed by atoms with Gasteiger partial charge in [0.05, 0.1) is 0 Å². The lowest BCUT2D eigenvalue weighted by molar-refractivity contribution is 0.00993. The quantitative estimate of drug-likeness (QED) is 0.815. The second-order valence-electron chi connectivity index (χ2n) is 7.01. The predicted octanol–water partition coefficient (Wildman–Crippen LogP) is 3.10. The number of rotatable bonds is 2. The first kappa shape index (κ1) is 12.8. The van der Waals surface area contributed by atoms with Crippen LogP contribution in [0.3, 0.4) is 0 Å². The molecule has 0 radical (unpaired) electrons. The normalized spacial score (nSPS) is 38.5. The summed E-state index contributed by atoms with van der Waals surface area (Å²) < 4.78 is 0. The van der Waals surface area contributed by atoms with E-state index in [0.717, 1.165) is 24.0 Å². The summed E-state index contributed by atoms with van der Waals surface area (Å²) in [6.45, 7) is 6.39. The molecule has 0 amide bonds. The van der Waals surface area contributed by atoms with Crippen LogP contribution in [-0.2, 0) is 0 Å². The van der Waals surface area contributed by atoms with Gasteiger partial charge in [0.15, 0.2) is 0 Å². The molecule has 0 spiro atoms. The molecule has 1 saturated carbocycles. The second kappa shape index (κ2) is 5.16. The van der Waals surface area contributed by atoms with E-state index in [-0.39, 0.29) is 0 Å². The predicted molar refractivity (Wildman–Crippen MR) is 83.0 cm³/mol. The van der Waals surface area contributed by atoms with Crippen LogP contribution < -0.4 is 0 Å². The van der Waals surface area contributed by atoms with Crippen LogP contribution >= 0.6 is 0 Å². The van der Waals surface area contributed by atoms with Crippen LogP contribution in [0.4, 0.5) is 0 Å². The first-order chi connectivity index (χ1) is 9.83. The summed E-state index contributed by atoms with van der Waals surface area (Å²) in [5.74, 6) is 0.800. The molecule has 1 aromatic carbocycles. The molecule has 3 aliphatic rings. The monoisotopic (exact) mass is 270 g/mol. The van der Waals surface area contributed by atoms with Crippen molar-refractivity contribution in [1.29, 1.82) is 0 Å². The highest BCUT2D eigenvalue weighted by Crippen LogP contribution is 2.46. The maximum Gasteiger partial charge on any atom is 0.0224 e. The molecule has 1 aromatic rings. The summed E-state index contributed by atoms with van der Waals surface area (Å²) in [5, 5.41) is 0. The Morgan fingerprint density at radius 2 is 1.90 bits per heavy atom. The van der Waals surface area contributed by atoms with Crippen LogP contribution in [0, 0.1) is 0 Å². The van der Waals surface area contributed by atoms with Crippen molar-refractivity contribution in [2.75, 3.05) is 19.6 Å². The molecule has 3 fully saturated rings. The fraction of sp³-hybridized carbons (Fsp3) is 0.667. The van der Waals surface area contributed by atoms with Gasteiger partial charge in [-0.1, -0.05) is 36.8 Å². The number of benzene rings is 1. The third-order valence-electron chi connectivity index (χ3n) is 5.65. The van der Waals surface area contributed by atoms with Gasteiger partial charge in [0, 0.05) is 37.1 Å². The van der Waals surface area contributed by atoms with Crippen LogP contribution in [0.2, 0.25) is 0 Å². The molecule has 0 bridgehead atoms. The number of piperazine rings is 1. The molecule has 2 heterocycles. The third kappa shape index (κ3) is 2.29. The lowest BCUT2D eigenvalue weighted by atomic mass is 9.97. The fourth-order valence-electron chi connectivity index (χ4n) is 4.44. The van der Waals surface area contributed by atoms with Crippen molar-refractivity contribution in [2.24, 2.45) is 0 Å². The summed E-state index contributed by atoms with van der Waals surface area (Å²) in [7, 11) is 0. The molecule has 0 N–H and O–H groups in total. The lowest BCUT2D eigenvalue weighted by Crippen LogP contribution is -2.59. The highest BCUT2D eigenvalue weighted by molar-refractivity contribution is 5.28. The van der Waals surface area contributed by atoms with Crippen molar-refractivity contribution in [3.63, 3.8) is 0 Å². The summed E-state index contributed by atoms with van der Waals surface area (Å²) >= 11 is 0. The molecule has 2 heteroatoms. The standard InChI is InChI=1S/C18H26N2/c1-14-12-19-10-6-5-9-16(19)13-20(14)18-11-17(18)15-7-3-2-4-8-15/h2-4,7-8,14,16-18H,5-6,9-13H2,1H3. The molecule has 2 aliphatic heterocycles. The van der Waals surface area contributed by atoms with E-state index in [9.17, 15) is 0 Å². The van der Waals surface area contributed by atoms with Crippen molar-refractivity contribution in [3.05, 3.63) is 35.9 Å². The van der Waals surface area contributed by atoms with Gasteiger partial charge in [-0.2, -0.15) is 0 Å². The van der Waals surface area contributed by atoms with E-state index in [1.165, 1.54) is 45.3 Å². The van der Waals surface area contributed by atoms with E-state index in [1.807, 2.05) is 0 Å². The summed E-state index contributed by atoms with van der Waals surface area (Å²) in [6.07, 6.45) is 5.66. The maximum atomic E-state index is 2.82. The van der Waals surface area contributed by atoms with E-state index in [2.05, 4.69) is 47.1 Å². The minimum atomic E-state index is 0.739. The van der Waals surface area contributed by atoms with E-state index in [4.69, 9.17) is 0 Å². The molecule has 4 unspecified atom stereocenters. The Morgan fingerprint density at radius 3 is 2.75 bits per heavy atom. The van der Waals surface area contributed by atoms with Crippen LogP contribution in [0.15, 0.2) is 30.3 Å². The van der Waals surface area contributed by atoms with Crippen molar-refractivity contribution in [1.82, 2.24) is 9.80 Å². The van der Waals surface area contributed by atoms with Crippen LogP contribution in [-0.4, -0.2) is 47.6 Å². The third-order valence-corrected chi connectivity index (χ3v) is 5.65. The first-order valence-corrected chi connectivity index (χ1v) is 8.37. The van der Waals surface area contributed by atoms with Gasteiger partial charge in [-0.05, 0) is 38.3 Å². The topological polar surface area (TPSA) is 6.48 Å². The minimum Gasteiger partial charge on any atom is -0.298 e. The molecule has 0 aromatic heterocycles. The van der Waals surface area contributed by atoms with Gasteiger partial charge in [-0.15, -0.1) is 0 Å². The Hall–Kier alpha value is -0.860. The Kier molecular flexibility index (Phi) is 3.31. The summed E-state index contributed by atoms with van der Waals surface area (Å²) in [4.78, 5) is 5.58. The van der Waals surface area contributed by atoms with E-state index in [0.29, 0.717) is 0 Å². The largest absolute Gasteiger partial charge is 0.298 e. The van der Waals surface area contributed by atoms with Crippen molar-refractivity contribution in [3.8, 4) is 0 Å². The molecule has 2 nitrogen and oxygen atoms in total. The van der Waals surface area contributed by atoms with Gasteiger partial charge in [0.25, 0.3) is 0 Å². The van der Waals surface area contributed by atoms with E-state index >= 15 is 0 Å². The van der Waals surface area contributed by atoms with Crippen LogP contribution in [0.25, 0.3) is 0 Å². The Balaban J connectivity index is 1.44. The van der Waals surface area contributed by atoms with Gasteiger partial charge in [0.2, 0.25) is 0 Å². The molecule has 1 aliphatic carbocycles. The molecule has 20 heavy (non-hydrogen) atoms. The van der Waals surface area contributed by atoms with Crippen LogP contribution in [0.5, 0.6) is 0 Å². The number of piperidine rings is 1. The number of fused-ring (bicyclic) bond motifs is 1. The molecular formula is C18H26N2. The van der Waals surface area contributed by atoms with Gasteiger partial charge in [0.1, 0.15) is 0 Å². The number of hydrogen-bond acceptors (Lipinski definition) is 2. The molecule has 108 valence electrons. The van der Waals surface area contributed by atoms with Gasteiger partial charge in [-0.3, -0.25) is 9.80 Å². The van der Waals surface area contributed by atoms with E-state index < -0.39 is 0 Å². The van der Waals surface area contributed by atoms with Crippen molar-refractivity contribution >= 4 is 0 Å². The van der Waals surface area contributed by atoms with E-state index in [1.54, 1.807) is 5.56 Å². The second-order valence-corrected chi connectivity index (χ2v) is 7.01. The number of nitrogens with zero attached hydrogens (tertiary/aromatic N) is 2. The zero-order valence-corrected chi connectivity index (χ0v) is 12.5. The summed E-state index contributed by atoms with van der Waals surface area (Å²) in [6, 6.07) is 13.5. The zero-order chi connectivity index (χ0) is 13.5. The average molecular weight is 270 g/mol. The fourth-order valence-corrected chi connectivity index (χ4v) is 4.44. The van der Waals surface area contributed by atoms with Crippen LogP contribution in [0.1, 0.15) is 44.1 Å². The SMILES string of the molecule is CC1CN2CCCCC2CN1C1CC1c1ccccc1. The maximum absolute atomic E-state index is 2.82. The average Bonchev–Trinajstić information content (AvgIpc) is 3.28. The Labute approximate surface area is 122 Å². The van der Waals surface area contributed by atoms with Gasteiger partial charge in [-0.25, -0.2) is 0 Å². The molecule has 4 rings (SSSR count). The molecular weight excluding hydrogens is 244 g/mol. The van der Waals surface area contributed by atoms with Gasteiger partial charge < -0.3 is 0 Å². The smallest absolute Gasteiger partial charge is 0.0224 e. The first-order valence-electron chi connectivity index (χ1n) is 8.37. The highest BCUT2D eigenvalue weighted by Gasteiger charge is 2.47. The lowest BCUT2D eigenvalue weighted by Gasteiger charge is -2.48. The van der Waals surface area contributed by atoms with Crippen molar-refractivity contribution < 1.29 is 0 Å². The number of hydrogen-bond donors (Lipinski definition) is 0. The molecule has 2 saturated heterocycles. The zero-order valence-electron chi connectivity index (χ0n) is 12.5. The summed E-state index contributed by atoms with van der Waals surface area (Å²) in [5.41, 5.74) is 1.55. The Bertz CT molecular complexity index is 458. The molecule has 4 atom stereocenters. The minimum absolute atomic E-state index is 0.739. The van der Waals surface area contributed by atoms with Crippen molar-refractivity contribution in [2.45, 2.75) is 56.7 Å². The Morgan fingerprint density at radius 1 is 1.05 bits per heavy atom.